The number of nitrogens with two attached hydrogens (primary N) is 1. The normalized spacial score (nSPS) is 12.9. The Balaban J connectivity index is 2.63. The van der Waals surface area contributed by atoms with Gasteiger partial charge in [-0.25, -0.2) is 9.97 Å². The van der Waals surface area contributed by atoms with Crippen molar-refractivity contribution in [3.63, 3.8) is 0 Å². The highest BCUT2D eigenvalue weighted by Gasteiger charge is 2.10. The Morgan fingerprint density at radius 1 is 1.38 bits per heavy atom. The zero-order valence-corrected chi connectivity index (χ0v) is 11.0. The largest absolute Gasteiger partial charge is 0.383 e. The van der Waals surface area contributed by atoms with Crippen molar-refractivity contribution in [3.8, 4) is 0 Å². The molecule has 0 saturated carbocycles. The van der Waals surface area contributed by atoms with Gasteiger partial charge in [-0.15, -0.1) is 0 Å². The Kier molecular flexibility index (Phi) is 3.10. The van der Waals surface area contributed by atoms with E-state index in [4.69, 9.17) is 5.73 Å². The van der Waals surface area contributed by atoms with Gasteiger partial charge in [0.1, 0.15) is 11.6 Å². The first-order valence-electron chi connectivity index (χ1n) is 5.34. The maximum absolute atomic E-state index is 5.95. The second-order valence-corrected chi connectivity index (χ2v) is 4.85. The summed E-state index contributed by atoms with van der Waals surface area (Å²) in [5.74, 6) is 1.73. The molecule has 0 fully saturated rings. The van der Waals surface area contributed by atoms with Gasteiger partial charge in [-0.2, -0.15) is 0 Å². The molecule has 0 radical (unpaired) electrons. The highest BCUT2D eigenvalue weighted by molar-refractivity contribution is 9.10. The van der Waals surface area contributed by atoms with Crippen LogP contribution in [0.15, 0.2) is 22.7 Å². The SMILES string of the molecule is CCC(C)c1nc(N)c2cc(Br)ccc2n1. The van der Waals surface area contributed by atoms with E-state index in [1.165, 1.54) is 0 Å². The molecule has 0 amide bonds. The van der Waals surface area contributed by atoms with Crippen molar-refractivity contribution in [1.29, 1.82) is 0 Å². The smallest absolute Gasteiger partial charge is 0.135 e. The first-order chi connectivity index (χ1) is 7.61. The van der Waals surface area contributed by atoms with Crippen molar-refractivity contribution in [3.05, 3.63) is 28.5 Å². The Hall–Kier alpha value is -1.16. The van der Waals surface area contributed by atoms with Gasteiger partial charge >= 0.3 is 0 Å². The minimum Gasteiger partial charge on any atom is -0.383 e. The lowest BCUT2D eigenvalue weighted by Crippen LogP contribution is -2.04. The molecule has 2 aromatic rings. The predicted octanol–water partition coefficient (Wildman–Crippen LogP) is 3.49. The van der Waals surface area contributed by atoms with E-state index in [1.54, 1.807) is 0 Å². The molecule has 16 heavy (non-hydrogen) atoms. The summed E-state index contributed by atoms with van der Waals surface area (Å²) < 4.78 is 0.992. The highest BCUT2D eigenvalue weighted by atomic mass is 79.9. The third kappa shape index (κ3) is 2.02. The number of hydrogen-bond donors (Lipinski definition) is 1. The van der Waals surface area contributed by atoms with Gasteiger partial charge in [0.05, 0.1) is 5.52 Å². The van der Waals surface area contributed by atoms with Crippen molar-refractivity contribution in [2.75, 3.05) is 5.73 Å². The van der Waals surface area contributed by atoms with E-state index in [0.29, 0.717) is 11.7 Å². The van der Waals surface area contributed by atoms with Crippen molar-refractivity contribution in [2.24, 2.45) is 0 Å². The number of hydrogen-bond acceptors (Lipinski definition) is 3. The number of benzene rings is 1. The molecule has 1 heterocycles. The molecule has 1 atom stereocenters. The first kappa shape index (κ1) is 11.3. The van der Waals surface area contributed by atoms with E-state index < -0.39 is 0 Å². The lowest BCUT2D eigenvalue weighted by Gasteiger charge is -2.09. The van der Waals surface area contributed by atoms with E-state index in [9.17, 15) is 0 Å². The van der Waals surface area contributed by atoms with Crippen LogP contribution in [0.1, 0.15) is 32.0 Å². The van der Waals surface area contributed by atoms with E-state index in [-0.39, 0.29) is 0 Å². The number of nitrogens with zero attached hydrogens (tertiary/aromatic N) is 2. The van der Waals surface area contributed by atoms with Gasteiger partial charge in [0.2, 0.25) is 0 Å². The highest BCUT2D eigenvalue weighted by Crippen LogP contribution is 2.25. The molecule has 0 saturated heterocycles. The van der Waals surface area contributed by atoms with Gasteiger partial charge in [0, 0.05) is 15.8 Å². The summed E-state index contributed by atoms with van der Waals surface area (Å²) in [6.45, 7) is 4.23. The summed E-state index contributed by atoms with van der Waals surface area (Å²) in [6.07, 6.45) is 1.02. The van der Waals surface area contributed by atoms with Crippen LogP contribution >= 0.6 is 15.9 Å². The minimum atomic E-state index is 0.343. The lowest BCUT2D eigenvalue weighted by atomic mass is 10.1. The second kappa shape index (κ2) is 4.37. The zero-order valence-electron chi connectivity index (χ0n) is 9.37. The van der Waals surface area contributed by atoms with Crippen LogP contribution < -0.4 is 5.73 Å². The van der Waals surface area contributed by atoms with Crippen molar-refractivity contribution >= 4 is 32.7 Å². The summed E-state index contributed by atoms with van der Waals surface area (Å²) in [5, 5.41) is 0.904. The summed E-state index contributed by atoms with van der Waals surface area (Å²) in [4.78, 5) is 8.90. The Labute approximate surface area is 103 Å². The minimum absolute atomic E-state index is 0.343. The van der Waals surface area contributed by atoms with Crippen molar-refractivity contribution in [2.45, 2.75) is 26.2 Å². The van der Waals surface area contributed by atoms with Gasteiger partial charge < -0.3 is 5.73 Å². The van der Waals surface area contributed by atoms with Gasteiger partial charge in [-0.3, -0.25) is 0 Å². The molecule has 2 rings (SSSR count). The molecular weight excluding hydrogens is 266 g/mol. The average molecular weight is 280 g/mol. The lowest BCUT2D eigenvalue weighted by molar-refractivity contribution is 0.684. The van der Waals surface area contributed by atoms with Crippen LogP contribution in [0.2, 0.25) is 0 Å². The molecule has 1 unspecified atom stereocenters. The number of rotatable bonds is 2. The van der Waals surface area contributed by atoms with Crippen LogP contribution in [-0.2, 0) is 0 Å². The third-order valence-corrected chi connectivity index (χ3v) is 3.25. The Morgan fingerprint density at radius 2 is 2.12 bits per heavy atom. The molecular formula is C12H14BrN3. The van der Waals surface area contributed by atoms with E-state index in [0.717, 1.165) is 27.6 Å². The molecule has 0 aliphatic heterocycles. The van der Waals surface area contributed by atoms with Crippen molar-refractivity contribution in [1.82, 2.24) is 9.97 Å². The van der Waals surface area contributed by atoms with Gasteiger partial charge in [0.25, 0.3) is 0 Å². The fourth-order valence-corrected chi connectivity index (χ4v) is 1.91. The van der Waals surface area contributed by atoms with Crippen LogP contribution in [0, 0.1) is 0 Å². The molecule has 1 aromatic heterocycles. The molecule has 2 N–H and O–H groups in total. The quantitative estimate of drug-likeness (QED) is 0.916. The number of nitrogen functional groups attached to an aromatic ring is 1. The van der Waals surface area contributed by atoms with Gasteiger partial charge in [-0.1, -0.05) is 29.8 Å². The Bertz CT molecular complexity index is 525. The first-order valence-corrected chi connectivity index (χ1v) is 6.13. The van der Waals surface area contributed by atoms with Crippen LogP contribution in [0.5, 0.6) is 0 Å². The fraction of sp³-hybridized carbons (Fsp3) is 0.333. The molecule has 0 bridgehead atoms. The summed E-state index contributed by atoms with van der Waals surface area (Å²) in [5.41, 5.74) is 6.85. The third-order valence-electron chi connectivity index (χ3n) is 2.76. The molecule has 4 heteroatoms. The second-order valence-electron chi connectivity index (χ2n) is 3.94. The average Bonchev–Trinajstić information content (AvgIpc) is 2.28. The molecule has 0 aliphatic rings. The van der Waals surface area contributed by atoms with Gasteiger partial charge in [-0.05, 0) is 24.6 Å². The van der Waals surface area contributed by atoms with E-state index >= 15 is 0 Å². The van der Waals surface area contributed by atoms with Crippen molar-refractivity contribution < 1.29 is 0 Å². The molecule has 84 valence electrons. The molecule has 0 aliphatic carbocycles. The predicted molar refractivity (Wildman–Crippen MR) is 70.4 cm³/mol. The topological polar surface area (TPSA) is 51.8 Å². The van der Waals surface area contributed by atoms with E-state index in [2.05, 4.69) is 39.7 Å². The summed E-state index contributed by atoms with van der Waals surface area (Å²) >= 11 is 3.42. The zero-order chi connectivity index (χ0) is 11.7. The maximum atomic E-state index is 5.95. The summed E-state index contributed by atoms with van der Waals surface area (Å²) in [6, 6.07) is 5.88. The number of halogens is 1. The summed E-state index contributed by atoms with van der Waals surface area (Å²) in [7, 11) is 0. The molecule has 0 spiro atoms. The number of fused-ring (bicyclic) bond motifs is 1. The van der Waals surface area contributed by atoms with Crippen LogP contribution in [0.4, 0.5) is 5.82 Å². The van der Waals surface area contributed by atoms with E-state index in [1.807, 2.05) is 18.2 Å². The fourth-order valence-electron chi connectivity index (χ4n) is 1.55. The molecule has 3 nitrogen and oxygen atoms in total. The standard InChI is InChI=1S/C12H14BrN3/c1-3-7(2)12-15-10-5-4-8(13)6-9(10)11(14)16-12/h4-7H,3H2,1-2H3,(H2,14,15,16). The number of anilines is 1. The van der Waals surface area contributed by atoms with Gasteiger partial charge in [0.15, 0.2) is 0 Å². The molecule has 1 aromatic carbocycles. The number of aromatic nitrogens is 2. The van der Waals surface area contributed by atoms with Crippen LogP contribution in [0.25, 0.3) is 10.9 Å². The maximum Gasteiger partial charge on any atom is 0.135 e. The van der Waals surface area contributed by atoms with Crippen LogP contribution in [0.3, 0.4) is 0 Å². The van der Waals surface area contributed by atoms with Crippen LogP contribution in [-0.4, -0.2) is 9.97 Å². The Morgan fingerprint density at radius 3 is 2.81 bits per heavy atom. The monoisotopic (exact) mass is 279 g/mol.